The summed E-state index contributed by atoms with van der Waals surface area (Å²) in [5, 5.41) is 3.39. The number of nitrogens with one attached hydrogen (secondary N) is 1. The molecule has 2 aliphatic rings. The monoisotopic (exact) mass is 328 g/mol. The van der Waals surface area contributed by atoms with Crippen molar-refractivity contribution in [1.82, 2.24) is 15.1 Å². The van der Waals surface area contributed by atoms with Gasteiger partial charge in [-0.05, 0) is 12.5 Å². The van der Waals surface area contributed by atoms with Gasteiger partial charge in [0, 0.05) is 32.7 Å². The highest BCUT2D eigenvalue weighted by atomic mass is 16.5. The third-order valence-corrected chi connectivity index (χ3v) is 4.65. The first kappa shape index (κ1) is 17.0. The van der Waals surface area contributed by atoms with Crippen LogP contribution in [-0.2, 0) is 11.3 Å². The highest BCUT2D eigenvalue weighted by Gasteiger charge is 2.41. The first-order chi connectivity index (χ1) is 11.8. The van der Waals surface area contributed by atoms with Crippen LogP contribution in [0.1, 0.15) is 12.5 Å². The van der Waals surface area contributed by atoms with Crippen LogP contribution in [0.25, 0.3) is 0 Å². The predicted octanol–water partition coefficient (Wildman–Crippen LogP) is 1.72. The van der Waals surface area contributed by atoms with Crippen molar-refractivity contribution in [3.05, 3.63) is 48.6 Å². The van der Waals surface area contributed by atoms with Crippen LogP contribution >= 0.6 is 0 Å². The summed E-state index contributed by atoms with van der Waals surface area (Å²) in [4.78, 5) is 9.50. The number of benzene rings is 1. The van der Waals surface area contributed by atoms with Crippen molar-refractivity contribution in [1.29, 1.82) is 0 Å². The van der Waals surface area contributed by atoms with E-state index in [-0.39, 0.29) is 6.10 Å². The van der Waals surface area contributed by atoms with Gasteiger partial charge in [0.25, 0.3) is 0 Å². The SMILES string of the molecule is C=CCN=C(NCC)N1CC2OCCN(Cc3ccccc3)C2C1. The Morgan fingerprint density at radius 2 is 2.21 bits per heavy atom. The third kappa shape index (κ3) is 3.97. The lowest BCUT2D eigenvalue weighted by molar-refractivity contribution is -0.0502. The van der Waals surface area contributed by atoms with Gasteiger partial charge in [-0.3, -0.25) is 4.90 Å². The van der Waals surface area contributed by atoms with Crippen LogP contribution in [0, 0.1) is 0 Å². The van der Waals surface area contributed by atoms with Crippen LogP contribution in [-0.4, -0.2) is 67.2 Å². The predicted molar refractivity (Wildman–Crippen MR) is 98.1 cm³/mol. The van der Waals surface area contributed by atoms with Gasteiger partial charge in [-0.2, -0.15) is 0 Å². The Hall–Kier alpha value is -1.85. The molecular formula is C19H28N4O. The van der Waals surface area contributed by atoms with Crippen molar-refractivity contribution in [3.63, 3.8) is 0 Å². The summed E-state index contributed by atoms with van der Waals surface area (Å²) in [6, 6.07) is 11.1. The summed E-state index contributed by atoms with van der Waals surface area (Å²) in [6.07, 6.45) is 2.09. The molecule has 1 aromatic rings. The Morgan fingerprint density at radius 1 is 1.38 bits per heavy atom. The number of hydrogen-bond acceptors (Lipinski definition) is 3. The third-order valence-electron chi connectivity index (χ3n) is 4.65. The number of likely N-dealkylation sites (tertiary alicyclic amines) is 1. The highest BCUT2D eigenvalue weighted by molar-refractivity contribution is 5.80. The largest absolute Gasteiger partial charge is 0.373 e. The van der Waals surface area contributed by atoms with E-state index in [4.69, 9.17) is 4.74 Å². The highest BCUT2D eigenvalue weighted by Crippen LogP contribution is 2.24. The van der Waals surface area contributed by atoms with Gasteiger partial charge in [0.2, 0.25) is 0 Å². The fraction of sp³-hybridized carbons (Fsp3) is 0.526. The molecule has 2 unspecified atom stereocenters. The molecule has 24 heavy (non-hydrogen) atoms. The lowest BCUT2D eigenvalue weighted by atomic mass is 10.1. The lowest BCUT2D eigenvalue weighted by Gasteiger charge is -2.36. The van der Waals surface area contributed by atoms with E-state index in [2.05, 4.69) is 63.9 Å². The molecule has 0 radical (unpaired) electrons. The van der Waals surface area contributed by atoms with Crippen molar-refractivity contribution in [2.24, 2.45) is 4.99 Å². The van der Waals surface area contributed by atoms with Crippen LogP contribution < -0.4 is 5.32 Å². The average Bonchev–Trinajstić information content (AvgIpc) is 3.05. The minimum Gasteiger partial charge on any atom is -0.373 e. The van der Waals surface area contributed by atoms with Crippen LogP contribution in [0.5, 0.6) is 0 Å². The first-order valence-electron chi connectivity index (χ1n) is 8.85. The summed E-state index contributed by atoms with van der Waals surface area (Å²) in [6.45, 7) is 12.0. The molecule has 0 amide bonds. The van der Waals surface area contributed by atoms with Crippen molar-refractivity contribution >= 4 is 5.96 Å². The van der Waals surface area contributed by atoms with E-state index < -0.39 is 0 Å². The summed E-state index contributed by atoms with van der Waals surface area (Å²) < 4.78 is 6.05. The van der Waals surface area contributed by atoms with Gasteiger partial charge < -0.3 is 15.0 Å². The zero-order valence-electron chi connectivity index (χ0n) is 14.5. The molecule has 0 aromatic heterocycles. The number of morpholine rings is 1. The van der Waals surface area contributed by atoms with Gasteiger partial charge in [0.05, 0.1) is 25.3 Å². The van der Waals surface area contributed by atoms with Crippen molar-refractivity contribution in [2.75, 3.05) is 39.3 Å². The van der Waals surface area contributed by atoms with E-state index in [1.807, 2.05) is 6.08 Å². The fourth-order valence-corrected chi connectivity index (χ4v) is 3.52. The number of fused-ring (bicyclic) bond motifs is 1. The Morgan fingerprint density at radius 3 is 2.96 bits per heavy atom. The maximum Gasteiger partial charge on any atom is 0.194 e. The first-order valence-corrected chi connectivity index (χ1v) is 8.85. The molecule has 2 fully saturated rings. The summed E-state index contributed by atoms with van der Waals surface area (Å²) in [7, 11) is 0. The van der Waals surface area contributed by atoms with Gasteiger partial charge in [0.1, 0.15) is 0 Å². The van der Waals surface area contributed by atoms with Crippen molar-refractivity contribution < 1.29 is 4.74 Å². The molecule has 0 spiro atoms. The molecule has 5 heteroatoms. The van der Waals surface area contributed by atoms with Gasteiger partial charge in [0.15, 0.2) is 5.96 Å². The second kappa shape index (κ2) is 8.31. The zero-order chi connectivity index (χ0) is 16.8. The summed E-state index contributed by atoms with van der Waals surface area (Å²) >= 11 is 0. The average molecular weight is 328 g/mol. The molecule has 0 bridgehead atoms. The molecule has 2 heterocycles. The normalized spacial score (nSPS) is 24.7. The Kier molecular flexibility index (Phi) is 5.88. The smallest absolute Gasteiger partial charge is 0.194 e. The molecule has 1 aromatic carbocycles. The molecule has 2 atom stereocenters. The topological polar surface area (TPSA) is 40.1 Å². The van der Waals surface area contributed by atoms with E-state index in [1.54, 1.807) is 0 Å². The molecule has 130 valence electrons. The molecular weight excluding hydrogens is 300 g/mol. The van der Waals surface area contributed by atoms with Gasteiger partial charge in [-0.1, -0.05) is 36.4 Å². The quantitative estimate of drug-likeness (QED) is 0.508. The molecule has 0 saturated carbocycles. The molecule has 5 nitrogen and oxygen atoms in total. The molecule has 2 saturated heterocycles. The van der Waals surface area contributed by atoms with E-state index >= 15 is 0 Å². The molecule has 1 N–H and O–H groups in total. The number of rotatable bonds is 5. The summed E-state index contributed by atoms with van der Waals surface area (Å²) in [5.74, 6) is 0.968. The van der Waals surface area contributed by atoms with Gasteiger partial charge >= 0.3 is 0 Å². The second-order valence-corrected chi connectivity index (χ2v) is 6.32. The number of aliphatic imine (C=N–C) groups is 1. The standard InChI is InChI=1S/C19H28N4O/c1-3-10-21-19(20-4-2)23-14-17-18(15-23)24-12-11-22(17)13-16-8-6-5-7-9-16/h3,5-9,17-18H,1,4,10-15H2,2H3,(H,20,21). The van der Waals surface area contributed by atoms with Gasteiger partial charge in [-0.25, -0.2) is 4.99 Å². The number of hydrogen-bond donors (Lipinski definition) is 1. The lowest BCUT2D eigenvalue weighted by Crippen LogP contribution is -2.50. The van der Waals surface area contributed by atoms with Crippen LogP contribution in [0.4, 0.5) is 0 Å². The minimum absolute atomic E-state index is 0.259. The van der Waals surface area contributed by atoms with Gasteiger partial charge in [-0.15, -0.1) is 6.58 Å². The molecule has 3 rings (SSSR count). The van der Waals surface area contributed by atoms with Crippen LogP contribution in [0.15, 0.2) is 48.0 Å². The van der Waals surface area contributed by atoms with Crippen LogP contribution in [0.2, 0.25) is 0 Å². The van der Waals surface area contributed by atoms with Crippen molar-refractivity contribution in [2.45, 2.75) is 25.6 Å². The molecule has 0 aliphatic carbocycles. The van der Waals surface area contributed by atoms with E-state index in [1.165, 1.54) is 5.56 Å². The Balaban J connectivity index is 1.68. The maximum absolute atomic E-state index is 6.05. The number of guanidine groups is 1. The van der Waals surface area contributed by atoms with E-state index in [9.17, 15) is 0 Å². The zero-order valence-corrected chi connectivity index (χ0v) is 14.5. The molecule has 2 aliphatic heterocycles. The van der Waals surface area contributed by atoms with E-state index in [0.717, 1.165) is 45.3 Å². The fourth-order valence-electron chi connectivity index (χ4n) is 3.52. The minimum atomic E-state index is 0.259. The van der Waals surface area contributed by atoms with Crippen LogP contribution in [0.3, 0.4) is 0 Å². The maximum atomic E-state index is 6.05. The van der Waals surface area contributed by atoms with E-state index in [0.29, 0.717) is 12.6 Å². The number of ether oxygens (including phenoxy) is 1. The number of nitrogens with zero attached hydrogens (tertiary/aromatic N) is 3. The Labute approximate surface area is 145 Å². The van der Waals surface area contributed by atoms with Crippen molar-refractivity contribution in [3.8, 4) is 0 Å². The summed E-state index contributed by atoms with van der Waals surface area (Å²) in [5.41, 5.74) is 1.36. The second-order valence-electron chi connectivity index (χ2n) is 6.32. The Bertz CT molecular complexity index is 560.